The fourth-order valence-electron chi connectivity index (χ4n) is 3.65. The van der Waals surface area contributed by atoms with Crippen molar-refractivity contribution in [2.75, 3.05) is 17.7 Å². The number of sulfonamides is 1. The van der Waals surface area contributed by atoms with E-state index < -0.39 is 16.1 Å². The maximum Gasteiger partial charge on any atom is 0.247 e. The van der Waals surface area contributed by atoms with E-state index in [0.29, 0.717) is 24.5 Å². The molecule has 1 unspecified atom stereocenters. The van der Waals surface area contributed by atoms with Crippen LogP contribution in [0.15, 0.2) is 42.6 Å². The van der Waals surface area contributed by atoms with Crippen LogP contribution in [0.2, 0.25) is 0 Å². The van der Waals surface area contributed by atoms with Gasteiger partial charge in [0.2, 0.25) is 15.9 Å². The summed E-state index contributed by atoms with van der Waals surface area (Å²) in [5.74, 6) is -0.254. The number of nitrogens with zero attached hydrogens (tertiary/aromatic N) is 4. The summed E-state index contributed by atoms with van der Waals surface area (Å²) in [5.41, 5.74) is 2.62. The molecule has 29 heavy (non-hydrogen) atoms. The Balaban J connectivity index is 1.75. The van der Waals surface area contributed by atoms with E-state index in [1.54, 1.807) is 11.1 Å². The van der Waals surface area contributed by atoms with Crippen LogP contribution in [-0.2, 0) is 21.4 Å². The first-order chi connectivity index (χ1) is 13.8. The average Bonchev–Trinajstić information content (AvgIpc) is 3.34. The largest absolute Gasteiger partial charge is 0.281 e. The van der Waals surface area contributed by atoms with Crippen molar-refractivity contribution in [2.45, 2.75) is 32.4 Å². The van der Waals surface area contributed by atoms with Crippen LogP contribution in [0.25, 0.3) is 10.2 Å². The number of rotatable bonds is 5. The fourth-order valence-corrected chi connectivity index (χ4v) is 5.81. The van der Waals surface area contributed by atoms with Gasteiger partial charge in [-0.15, -0.1) is 0 Å². The van der Waals surface area contributed by atoms with Crippen molar-refractivity contribution in [1.82, 2.24) is 14.3 Å². The number of benzene rings is 1. The fraction of sp³-hybridized carbons (Fsp3) is 0.350. The van der Waals surface area contributed by atoms with E-state index in [-0.39, 0.29) is 12.5 Å². The first kappa shape index (κ1) is 19.9. The molecule has 152 valence electrons. The van der Waals surface area contributed by atoms with Gasteiger partial charge in [-0.3, -0.25) is 14.7 Å². The lowest BCUT2D eigenvalue weighted by molar-refractivity contribution is -0.121. The predicted octanol–water partition coefficient (Wildman–Crippen LogP) is 2.96. The number of hydrogen-bond acceptors (Lipinski definition) is 6. The first-order valence-electron chi connectivity index (χ1n) is 9.39. The van der Waals surface area contributed by atoms with Crippen LogP contribution < -0.4 is 4.90 Å². The number of amides is 1. The minimum Gasteiger partial charge on any atom is -0.281 e. The molecule has 1 aromatic carbocycles. The maximum atomic E-state index is 13.5. The second-order valence-electron chi connectivity index (χ2n) is 7.20. The topological polar surface area (TPSA) is 83.5 Å². The Hall–Kier alpha value is -2.36. The molecule has 4 rings (SSSR count). The molecule has 3 heterocycles. The van der Waals surface area contributed by atoms with Crippen molar-refractivity contribution in [3.8, 4) is 0 Å². The third-order valence-corrected chi connectivity index (χ3v) is 7.40. The van der Waals surface area contributed by atoms with Crippen LogP contribution in [0.5, 0.6) is 0 Å². The number of fused-ring (bicyclic) bond motifs is 1. The Labute approximate surface area is 174 Å². The predicted molar refractivity (Wildman–Crippen MR) is 114 cm³/mol. The summed E-state index contributed by atoms with van der Waals surface area (Å²) in [6, 6.07) is 10.8. The molecule has 0 radical (unpaired) electrons. The number of para-hydroxylation sites is 1. The third-order valence-electron chi connectivity index (χ3n) is 5.07. The number of anilines is 1. The SMILES string of the molecule is Cc1cccc2sc(N(Cc3ccccn3)C(=O)C3CCCN3S(C)(=O)=O)nc12. The first-order valence-corrected chi connectivity index (χ1v) is 12.1. The van der Waals surface area contributed by atoms with E-state index in [4.69, 9.17) is 4.98 Å². The van der Waals surface area contributed by atoms with Gasteiger partial charge in [0.1, 0.15) is 6.04 Å². The van der Waals surface area contributed by atoms with Crippen molar-refractivity contribution in [3.63, 3.8) is 0 Å². The van der Waals surface area contributed by atoms with Gasteiger partial charge in [0, 0.05) is 12.7 Å². The quantitative estimate of drug-likeness (QED) is 0.621. The molecule has 2 aromatic heterocycles. The van der Waals surface area contributed by atoms with Gasteiger partial charge >= 0.3 is 0 Å². The molecule has 1 atom stereocenters. The zero-order valence-corrected chi connectivity index (χ0v) is 17.9. The minimum atomic E-state index is -3.46. The zero-order valence-electron chi connectivity index (χ0n) is 16.3. The molecule has 0 saturated carbocycles. The monoisotopic (exact) mass is 430 g/mol. The summed E-state index contributed by atoms with van der Waals surface area (Å²) in [5, 5.41) is 0.560. The number of thiazole rings is 1. The van der Waals surface area contributed by atoms with Crippen molar-refractivity contribution in [1.29, 1.82) is 0 Å². The van der Waals surface area contributed by atoms with Crippen molar-refractivity contribution in [2.24, 2.45) is 0 Å². The number of pyridine rings is 1. The Morgan fingerprint density at radius 2 is 2.10 bits per heavy atom. The van der Waals surface area contributed by atoms with Gasteiger partial charge in [-0.25, -0.2) is 13.4 Å². The van der Waals surface area contributed by atoms with Gasteiger partial charge < -0.3 is 0 Å². The van der Waals surface area contributed by atoms with Crippen LogP contribution in [0.3, 0.4) is 0 Å². The molecule has 1 aliphatic heterocycles. The number of aryl methyl sites for hydroxylation is 1. The normalized spacial score (nSPS) is 17.7. The number of aromatic nitrogens is 2. The second kappa shape index (κ2) is 7.81. The molecular weight excluding hydrogens is 408 g/mol. The molecule has 7 nitrogen and oxygen atoms in total. The van der Waals surface area contributed by atoms with Gasteiger partial charge in [0.05, 0.1) is 28.7 Å². The Kier molecular flexibility index (Phi) is 5.37. The molecule has 0 N–H and O–H groups in total. The van der Waals surface area contributed by atoms with Crippen LogP contribution in [0, 0.1) is 6.92 Å². The van der Waals surface area contributed by atoms with Crippen molar-refractivity contribution >= 4 is 42.6 Å². The molecule has 0 bridgehead atoms. The standard InChI is InChI=1S/C20H22N4O3S2/c1-14-7-5-10-17-18(14)22-20(28-17)23(13-15-8-3-4-11-21-15)19(25)16-9-6-12-24(16)29(2,26)27/h3-5,7-8,10-11,16H,6,9,12-13H2,1-2H3. The smallest absolute Gasteiger partial charge is 0.247 e. The molecule has 0 aliphatic carbocycles. The third kappa shape index (κ3) is 4.03. The molecule has 3 aromatic rings. The van der Waals surface area contributed by atoms with E-state index in [0.717, 1.165) is 27.7 Å². The lowest BCUT2D eigenvalue weighted by Gasteiger charge is -2.27. The van der Waals surface area contributed by atoms with E-state index >= 15 is 0 Å². The van der Waals surface area contributed by atoms with Crippen molar-refractivity contribution in [3.05, 3.63) is 53.9 Å². The summed E-state index contributed by atoms with van der Waals surface area (Å²) < 4.78 is 26.7. The highest BCUT2D eigenvalue weighted by molar-refractivity contribution is 7.88. The highest BCUT2D eigenvalue weighted by atomic mass is 32.2. The van der Waals surface area contributed by atoms with E-state index in [2.05, 4.69) is 4.98 Å². The van der Waals surface area contributed by atoms with Crippen LogP contribution in [0.4, 0.5) is 5.13 Å². The zero-order chi connectivity index (χ0) is 20.6. The van der Waals surface area contributed by atoms with Crippen LogP contribution >= 0.6 is 11.3 Å². The van der Waals surface area contributed by atoms with Gasteiger partial charge in [-0.2, -0.15) is 4.31 Å². The van der Waals surface area contributed by atoms with E-state index in [9.17, 15) is 13.2 Å². The second-order valence-corrected chi connectivity index (χ2v) is 10.1. The molecular formula is C20H22N4O3S2. The molecule has 1 aliphatic rings. The lowest BCUT2D eigenvalue weighted by Crippen LogP contribution is -2.47. The highest BCUT2D eigenvalue weighted by Gasteiger charge is 2.39. The molecule has 0 spiro atoms. The Morgan fingerprint density at radius 1 is 1.28 bits per heavy atom. The van der Waals surface area contributed by atoms with Gasteiger partial charge in [0.25, 0.3) is 0 Å². The van der Waals surface area contributed by atoms with E-state index in [1.165, 1.54) is 15.6 Å². The number of carbonyl (C=O) groups excluding carboxylic acids is 1. The lowest BCUT2D eigenvalue weighted by atomic mass is 10.2. The highest BCUT2D eigenvalue weighted by Crippen LogP contribution is 2.33. The van der Waals surface area contributed by atoms with Gasteiger partial charge in [-0.1, -0.05) is 29.5 Å². The summed E-state index contributed by atoms with van der Waals surface area (Å²) in [7, 11) is -3.46. The van der Waals surface area contributed by atoms with Gasteiger partial charge in [0.15, 0.2) is 5.13 Å². The van der Waals surface area contributed by atoms with Crippen LogP contribution in [0.1, 0.15) is 24.1 Å². The Morgan fingerprint density at radius 3 is 2.79 bits per heavy atom. The molecule has 1 saturated heterocycles. The summed E-state index contributed by atoms with van der Waals surface area (Å²) in [4.78, 5) is 24.2. The summed E-state index contributed by atoms with van der Waals surface area (Å²) >= 11 is 1.43. The molecule has 9 heteroatoms. The van der Waals surface area contributed by atoms with Crippen LogP contribution in [-0.4, -0.2) is 47.4 Å². The van der Waals surface area contributed by atoms with E-state index in [1.807, 2.05) is 43.3 Å². The molecule has 1 amide bonds. The van der Waals surface area contributed by atoms with Gasteiger partial charge in [-0.05, 0) is 43.5 Å². The minimum absolute atomic E-state index is 0.243. The number of hydrogen-bond donors (Lipinski definition) is 0. The maximum absolute atomic E-state index is 13.5. The average molecular weight is 431 g/mol. The van der Waals surface area contributed by atoms with Crippen molar-refractivity contribution < 1.29 is 13.2 Å². The molecule has 1 fully saturated rings. The summed E-state index contributed by atoms with van der Waals surface area (Å²) in [6.07, 6.45) is 4.01. The number of carbonyl (C=O) groups is 1. The summed E-state index contributed by atoms with van der Waals surface area (Å²) in [6.45, 7) is 2.59. The Bertz CT molecular complexity index is 1150.